The third kappa shape index (κ3) is 3.22. The van der Waals surface area contributed by atoms with Gasteiger partial charge in [-0.15, -0.1) is 0 Å². The summed E-state index contributed by atoms with van der Waals surface area (Å²) < 4.78 is 53.1. The molecule has 0 unspecified atom stereocenters. The number of halogens is 4. The highest BCUT2D eigenvalue weighted by Crippen LogP contribution is 2.38. The van der Waals surface area contributed by atoms with Crippen molar-refractivity contribution in [1.29, 1.82) is 5.26 Å². The molecule has 0 atom stereocenters. The van der Waals surface area contributed by atoms with E-state index in [1.165, 1.54) is 36.4 Å². The van der Waals surface area contributed by atoms with Gasteiger partial charge < -0.3 is 4.98 Å². The standard InChI is InChI=1S/C19H10F4N2O/c20-12-7-5-11(6-8-12)17-9-14(15(10-24)18(26)25-17)13-3-1-2-4-16(13)19(21,22)23/h1-9H,(H,25,26). The fraction of sp³-hybridized carbons (Fsp3) is 0.0526. The number of aromatic nitrogens is 1. The Labute approximate surface area is 145 Å². The predicted octanol–water partition coefficient (Wildman–Crippen LogP) is 4.74. The molecule has 0 saturated carbocycles. The maximum Gasteiger partial charge on any atom is 0.417 e. The maximum atomic E-state index is 13.3. The molecule has 7 heteroatoms. The highest BCUT2D eigenvalue weighted by atomic mass is 19.4. The minimum Gasteiger partial charge on any atom is -0.321 e. The van der Waals surface area contributed by atoms with E-state index < -0.39 is 28.7 Å². The first-order chi connectivity index (χ1) is 12.3. The number of hydrogen-bond acceptors (Lipinski definition) is 2. The average Bonchev–Trinajstić information content (AvgIpc) is 2.61. The van der Waals surface area contributed by atoms with Gasteiger partial charge in [0.2, 0.25) is 0 Å². The fourth-order valence-corrected chi connectivity index (χ4v) is 2.63. The van der Waals surface area contributed by atoms with Crippen LogP contribution in [0.4, 0.5) is 17.6 Å². The number of aromatic amines is 1. The van der Waals surface area contributed by atoms with Crippen molar-refractivity contribution in [1.82, 2.24) is 4.98 Å². The molecule has 0 fully saturated rings. The second-order valence-electron chi connectivity index (χ2n) is 5.46. The van der Waals surface area contributed by atoms with E-state index in [9.17, 15) is 27.6 Å². The summed E-state index contributed by atoms with van der Waals surface area (Å²) in [5.74, 6) is -0.493. The molecule has 0 aliphatic carbocycles. The number of nitrogens with one attached hydrogen (secondary N) is 1. The third-order valence-electron chi connectivity index (χ3n) is 3.82. The molecule has 1 N–H and O–H groups in total. The Morgan fingerprint density at radius 1 is 0.962 bits per heavy atom. The SMILES string of the molecule is N#Cc1c(-c2ccccc2C(F)(F)F)cc(-c2ccc(F)cc2)[nH]c1=O. The van der Waals surface area contributed by atoms with Crippen LogP contribution in [0.3, 0.4) is 0 Å². The van der Waals surface area contributed by atoms with Gasteiger partial charge in [0.05, 0.1) is 5.56 Å². The molecule has 0 aliphatic heterocycles. The molecule has 0 bridgehead atoms. The van der Waals surface area contributed by atoms with Crippen LogP contribution in [0.25, 0.3) is 22.4 Å². The summed E-state index contributed by atoms with van der Waals surface area (Å²) in [5.41, 5.74) is -2.02. The van der Waals surface area contributed by atoms with Crippen molar-refractivity contribution < 1.29 is 17.6 Å². The molecule has 130 valence electrons. The van der Waals surface area contributed by atoms with E-state index in [2.05, 4.69) is 4.98 Å². The number of pyridine rings is 1. The average molecular weight is 358 g/mol. The number of H-pyrrole nitrogens is 1. The first-order valence-electron chi connectivity index (χ1n) is 7.41. The van der Waals surface area contributed by atoms with E-state index in [0.717, 1.165) is 18.2 Å². The van der Waals surface area contributed by atoms with Crippen LogP contribution in [0.2, 0.25) is 0 Å². The van der Waals surface area contributed by atoms with Crippen molar-refractivity contribution in [2.75, 3.05) is 0 Å². The first-order valence-corrected chi connectivity index (χ1v) is 7.41. The Morgan fingerprint density at radius 3 is 2.23 bits per heavy atom. The Balaban J connectivity index is 2.30. The number of nitrogens with zero attached hydrogens (tertiary/aromatic N) is 1. The Kier molecular flexibility index (Phi) is 4.34. The van der Waals surface area contributed by atoms with Crippen LogP contribution in [0.1, 0.15) is 11.1 Å². The van der Waals surface area contributed by atoms with Crippen molar-refractivity contribution >= 4 is 0 Å². The van der Waals surface area contributed by atoms with Crippen molar-refractivity contribution in [2.45, 2.75) is 6.18 Å². The summed E-state index contributed by atoms with van der Waals surface area (Å²) in [6.45, 7) is 0. The highest BCUT2D eigenvalue weighted by molar-refractivity contribution is 5.77. The van der Waals surface area contributed by atoms with E-state index in [1.807, 2.05) is 0 Å². The summed E-state index contributed by atoms with van der Waals surface area (Å²) in [7, 11) is 0. The van der Waals surface area contributed by atoms with E-state index in [-0.39, 0.29) is 16.8 Å². The van der Waals surface area contributed by atoms with Gasteiger partial charge in [0.15, 0.2) is 0 Å². The number of nitriles is 1. The first kappa shape index (κ1) is 17.4. The van der Waals surface area contributed by atoms with Gasteiger partial charge >= 0.3 is 6.18 Å². The lowest BCUT2D eigenvalue weighted by molar-refractivity contribution is -0.137. The Bertz CT molecular complexity index is 1060. The summed E-state index contributed by atoms with van der Waals surface area (Å²) in [6.07, 6.45) is -4.65. The van der Waals surface area contributed by atoms with Gasteiger partial charge in [-0.2, -0.15) is 18.4 Å². The molecular formula is C19H10F4N2O. The second-order valence-corrected chi connectivity index (χ2v) is 5.46. The summed E-state index contributed by atoms with van der Waals surface area (Å²) in [4.78, 5) is 14.7. The molecule has 0 radical (unpaired) electrons. The van der Waals surface area contributed by atoms with Crippen molar-refractivity contribution in [3.05, 3.63) is 81.9 Å². The lowest BCUT2D eigenvalue weighted by Crippen LogP contribution is -2.14. The Morgan fingerprint density at radius 2 is 1.62 bits per heavy atom. The van der Waals surface area contributed by atoms with Gasteiger partial charge in [0.25, 0.3) is 5.56 Å². The number of benzene rings is 2. The van der Waals surface area contributed by atoms with Crippen LogP contribution in [-0.2, 0) is 6.18 Å². The molecule has 26 heavy (non-hydrogen) atoms. The minimum absolute atomic E-state index is 0.136. The summed E-state index contributed by atoms with van der Waals surface area (Å²) in [5, 5.41) is 9.25. The molecule has 3 nitrogen and oxygen atoms in total. The topological polar surface area (TPSA) is 56.6 Å². The van der Waals surface area contributed by atoms with Gasteiger partial charge in [0.1, 0.15) is 17.4 Å². The molecule has 1 heterocycles. The summed E-state index contributed by atoms with van der Waals surface area (Å²) in [6, 6.07) is 12.7. The van der Waals surface area contributed by atoms with Crippen LogP contribution >= 0.6 is 0 Å². The monoisotopic (exact) mass is 358 g/mol. The lowest BCUT2D eigenvalue weighted by Gasteiger charge is -2.14. The molecular weight excluding hydrogens is 348 g/mol. The van der Waals surface area contributed by atoms with E-state index in [4.69, 9.17) is 0 Å². The second kappa shape index (κ2) is 6.48. The number of rotatable bonds is 2. The van der Waals surface area contributed by atoms with Crippen LogP contribution in [-0.4, -0.2) is 4.98 Å². The lowest BCUT2D eigenvalue weighted by atomic mass is 9.95. The van der Waals surface area contributed by atoms with Crippen molar-refractivity contribution in [3.63, 3.8) is 0 Å². The number of hydrogen-bond donors (Lipinski definition) is 1. The maximum absolute atomic E-state index is 13.3. The Hall–Kier alpha value is -3.40. The molecule has 1 aromatic heterocycles. The predicted molar refractivity (Wildman–Crippen MR) is 87.6 cm³/mol. The highest BCUT2D eigenvalue weighted by Gasteiger charge is 2.34. The summed E-state index contributed by atoms with van der Waals surface area (Å²) >= 11 is 0. The number of alkyl halides is 3. The van der Waals surface area contributed by atoms with Gasteiger partial charge in [0, 0.05) is 11.3 Å². The largest absolute Gasteiger partial charge is 0.417 e. The van der Waals surface area contributed by atoms with Crippen LogP contribution in [0.15, 0.2) is 59.4 Å². The molecule has 0 spiro atoms. The zero-order chi connectivity index (χ0) is 18.9. The van der Waals surface area contributed by atoms with Crippen molar-refractivity contribution in [3.8, 4) is 28.5 Å². The van der Waals surface area contributed by atoms with Gasteiger partial charge in [-0.3, -0.25) is 4.79 Å². The van der Waals surface area contributed by atoms with E-state index in [0.29, 0.717) is 5.56 Å². The quantitative estimate of drug-likeness (QED) is 0.673. The van der Waals surface area contributed by atoms with Crippen LogP contribution in [0.5, 0.6) is 0 Å². The van der Waals surface area contributed by atoms with Crippen LogP contribution in [0, 0.1) is 17.1 Å². The van der Waals surface area contributed by atoms with E-state index >= 15 is 0 Å². The molecule has 0 aliphatic rings. The van der Waals surface area contributed by atoms with Gasteiger partial charge in [-0.1, -0.05) is 18.2 Å². The smallest absolute Gasteiger partial charge is 0.321 e. The minimum atomic E-state index is -4.65. The van der Waals surface area contributed by atoms with Crippen LogP contribution < -0.4 is 5.56 Å². The third-order valence-corrected chi connectivity index (χ3v) is 3.82. The zero-order valence-electron chi connectivity index (χ0n) is 13.1. The normalized spacial score (nSPS) is 11.2. The molecule has 0 amide bonds. The van der Waals surface area contributed by atoms with Crippen molar-refractivity contribution in [2.24, 2.45) is 0 Å². The molecule has 3 rings (SSSR count). The molecule has 2 aromatic carbocycles. The van der Waals surface area contributed by atoms with E-state index in [1.54, 1.807) is 6.07 Å². The molecule has 3 aromatic rings. The fourth-order valence-electron chi connectivity index (χ4n) is 2.63. The molecule has 0 saturated heterocycles. The zero-order valence-corrected chi connectivity index (χ0v) is 13.1. The van der Waals surface area contributed by atoms with Gasteiger partial charge in [-0.25, -0.2) is 4.39 Å². The van der Waals surface area contributed by atoms with Gasteiger partial charge in [-0.05, 0) is 47.5 Å².